The van der Waals surface area contributed by atoms with Crippen molar-refractivity contribution in [3.63, 3.8) is 0 Å². The first kappa shape index (κ1) is 16.0. The van der Waals surface area contributed by atoms with Gasteiger partial charge in [-0.2, -0.15) is 16.9 Å². The second-order valence-electron chi connectivity index (χ2n) is 6.01. The number of carbonyl (C=O) groups excluding carboxylic acids is 1. The Morgan fingerprint density at radius 2 is 1.80 bits per heavy atom. The lowest BCUT2D eigenvalue weighted by Gasteiger charge is -2.26. The molecule has 5 heteroatoms. The Labute approximate surface area is 150 Å². The van der Waals surface area contributed by atoms with Gasteiger partial charge in [-0.05, 0) is 29.8 Å². The lowest BCUT2D eigenvalue weighted by Crippen LogP contribution is -2.37. The number of H-pyrrole nitrogens is 1. The lowest BCUT2D eigenvalue weighted by atomic mass is 10.1. The first-order valence-electron chi connectivity index (χ1n) is 8.39. The summed E-state index contributed by atoms with van der Waals surface area (Å²) < 4.78 is 0. The number of aromatic amines is 1. The molecule has 126 valence electrons. The van der Waals surface area contributed by atoms with E-state index in [4.69, 9.17) is 0 Å². The Bertz CT molecular complexity index is 908. The molecule has 1 aliphatic rings. The van der Waals surface area contributed by atoms with E-state index in [9.17, 15) is 4.79 Å². The van der Waals surface area contributed by atoms with Gasteiger partial charge in [0.15, 0.2) is 0 Å². The predicted octanol–water partition coefficient (Wildman–Crippen LogP) is 3.92. The van der Waals surface area contributed by atoms with Crippen LogP contribution in [-0.2, 0) is 0 Å². The van der Waals surface area contributed by atoms with Crippen LogP contribution in [0.1, 0.15) is 21.6 Å². The van der Waals surface area contributed by atoms with Crippen LogP contribution in [0.25, 0.3) is 23.1 Å². The number of rotatable bonds is 3. The van der Waals surface area contributed by atoms with Gasteiger partial charge in [0.2, 0.25) is 0 Å². The molecule has 0 saturated carbocycles. The van der Waals surface area contributed by atoms with E-state index >= 15 is 0 Å². The molecule has 1 saturated heterocycles. The minimum absolute atomic E-state index is 0.133. The molecule has 0 atom stereocenters. The third kappa shape index (κ3) is 3.46. The number of aromatic nitrogens is 2. The molecule has 1 aromatic heterocycles. The van der Waals surface area contributed by atoms with Gasteiger partial charge in [0, 0.05) is 35.5 Å². The molecule has 4 rings (SSSR count). The van der Waals surface area contributed by atoms with E-state index in [1.54, 1.807) is 0 Å². The molecule has 1 fully saturated rings. The van der Waals surface area contributed by atoms with Gasteiger partial charge < -0.3 is 4.90 Å². The van der Waals surface area contributed by atoms with Crippen molar-refractivity contribution >= 4 is 40.7 Å². The number of carbonyl (C=O) groups is 1. The summed E-state index contributed by atoms with van der Waals surface area (Å²) in [6, 6.07) is 15.9. The normalized spacial score (nSPS) is 15.1. The van der Waals surface area contributed by atoms with Crippen molar-refractivity contribution in [3.8, 4) is 0 Å². The second-order valence-corrected chi connectivity index (χ2v) is 7.24. The zero-order valence-electron chi connectivity index (χ0n) is 13.8. The van der Waals surface area contributed by atoms with Gasteiger partial charge in [-0.3, -0.25) is 9.89 Å². The van der Waals surface area contributed by atoms with Crippen LogP contribution in [0.5, 0.6) is 0 Å². The molecule has 1 amide bonds. The highest BCUT2D eigenvalue weighted by Crippen LogP contribution is 2.18. The van der Waals surface area contributed by atoms with Crippen LogP contribution in [0.15, 0.2) is 48.5 Å². The van der Waals surface area contributed by atoms with Crippen LogP contribution < -0.4 is 0 Å². The van der Waals surface area contributed by atoms with Crippen molar-refractivity contribution in [2.45, 2.75) is 0 Å². The maximum Gasteiger partial charge on any atom is 0.253 e. The number of thioether (sulfide) groups is 1. The number of nitrogens with zero attached hydrogens (tertiary/aromatic N) is 2. The minimum atomic E-state index is 0.133. The molecule has 25 heavy (non-hydrogen) atoms. The van der Waals surface area contributed by atoms with Crippen molar-refractivity contribution in [1.29, 1.82) is 0 Å². The van der Waals surface area contributed by atoms with Crippen LogP contribution in [0.4, 0.5) is 0 Å². The molecule has 3 aromatic rings. The maximum atomic E-state index is 12.5. The van der Waals surface area contributed by atoms with E-state index in [1.807, 2.05) is 71.3 Å². The van der Waals surface area contributed by atoms with E-state index in [-0.39, 0.29) is 5.91 Å². The SMILES string of the molecule is O=C(c1ccc(/C=C/c2n[nH]c3ccccc23)cc1)N1CCSCC1. The van der Waals surface area contributed by atoms with Crippen molar-refractivity contribution in [1.82, 2.24) is 15.1 Å². The van der Waals surface area contributed by atoms with Crippen LogP contribution in [0.3, 0.4) is 0 Å². The zero-order valence-corrected chi connectivity index (χ0v) is 14.6. The van der Waals surface area contributed by atoms with Crippen LogP contribution in [-0.4, -0.2) is 45.6 Å². The highest BCUT2D eigenvalue weighted by Gasteiger charge is 2.17. The summed E-state index contributed by atoms with van der Waals surface area (Å²) in [4.78, 5) is 14.4. The first-order valence-corrected chi connectivity index (χ1v) is 9.55. The Kier molecular flexibility index (Phi) is 4.57. The first-order chi connectivity index (χ1) is 12.3. The van der Waals surface area contributed by atoms with E-state index in [0.717, 1.165) is 52.3 Å². The van der Waals surface area contributed by atoms with Crippen molar-refractivity contribution in [3.05, 3.63) is 65.4 Å². The van der Waals surface area contributed by atoms with Gasteiger partial charge in [0.25, 0.3) is 5.91 Å². The minimum Gasteiger partial charge on any atom is -0.337 e. The van der Waals surface area contributed by atoms with E-state index in [0.29, 0.717) is 0 Å². The standard InChI is InChI=1S/C20H19N3OS/c24-20(23-11-13-25-14-12-23)16-8-5-15(6-9-16)7-10-19-17-3-1-2-4-18(17)21-22-19/h1-10H,11-14H2,(H,21,22)/b10-7+. The maximum absolute atomic E-state index is 12.5. The number of nitrogens with one attached hydrogen (secondary N) is 1. The zero-order chi connectivity index (χ0) is 17.1. The molecule has 2 heterocycles. The van der Waals surface area contributed by atoms with Crippen molar-refractivity contribution < 1.29 is 4.79 Å². The van der Waals surface area contributed by atoms with E-state index in [2.05, 4.69) is 16.3 Å². The summed E-state index contributed by atoms with van der Waals surface area (Å²) in [7, 11) is 0. The fourth-order valence-corrected chi connectivity index (χ4v) is 3.88. The van der Waals surface area contributed by atoms with Gasteiger partial charge in [-0.1, -0.05) is 36.4 Å². The average Bonchev–Trinajstić information content (AvgIpc) is 3.10. The molecular formula is C20H19N3OS. The van der Waals surface area contributed by atoms with E-state index < -0.39 is 0 Å². The smallest absolute Gasteiger partial charge is 0.253 e. The number of fused-ring (bicyclic) bond motifs is 1. The molecule has 2 aromatic carbocycles. The Morgan fingerprint density at radius 1 is 1.04 bits per heavy atom. The van der Waals surface area contributed by atoms with Gasteiger partial charge in [-0.25, -0.2) is 0 Å². The summed E-state index contributed by atoms with van der Waals surface area (Å²) in [5.74, 6) is 2.20. The molecule has 0 radical (unpaired) electrons. The molecule has 0 aliphatic carbocycles. The molecular weight excluding hydrogens is 330 g/mol. The van der Waals surface area contributed by atoms with Crippen molar-refractivity contribution in [2.24, 2.45) is 0 Å². The number of hydrogen-bond donors (Lipinski definition) is 1. The Balaban J connectivity index is 1.49. The van der Waals surface area contributed by atoms with Crippen LogP contribution in [0.2, 0.25) is 0 Å². The third-order valence-corrected chi connectivity index (χ3v) is 5.33. The van der Waals surface area contributed by atoms with Gasteiger partial charge in [0.1, 0.15) is 0 Å². The fourth-order valence-electron chi connectivity index (χ4n) is 2.97. The quantitative estimate of drug-likeness (QED) is 0.780. The molecule has 0 unspecified atom stereocenters. The predicted molar refractivity (Wildman–Crippen MR) is 105 cm³/mol. The van der Waals surface area contributed by atoms with Gasteiger partial charge >= 0.3 is 0 Å². The summed E-state index contributed by atoms with van der Waals surface area (Å²) in [5, 5.41) is 8.48. The topological polar surface area (TPSA) is 49.0 Å². The summed E-state index contributed by atoms with van der Waals surface area (Å²) in [5.41, 5.74) is 3.76. The summed E-state index contributed by atoms with van der Waals surface area (Å²) in [6.45, 7) is 1.69. The summed E-state index contributed by atoms with van der Waals surface area (Å²) >= 11 is 1.91. The highest BCUT2D eigenvalue weighted by molar-refractivity contribution is 7.99. The molecule has 4 nitrogen and oxygen atoms in total. The largest absolute Gasteiger partial charge is 0.337 e. The number of amides is 1. The molecule has 1 aliphatic heterocycles. The monoisotopic (exact) mass is 349 g/mol. The molecule has 1 N–H and O–H groups in total. The van der Waals surface area contributed by atoms with Crippen LogP contribution >= 0.6 is 11.8 Å². The Hall–Kier alpha value is -2.53. The van der Waals surface area contributed by atoms with Gasteiger partial charge in [0.05, 0.1) is 11.2 Å². The van der Waals surface area contributed by atoms with Crippen molar-refractivity contribution in [2.75, 3.05) is 24.6 Å². The second kappa shape index (κ2) is 7.15. The number of hydrogen-bond acceptors (Lipinski definition) is 3. The summed E-state index contributed by atoms with van der Waals surface area (Å²) in [6.07, 6.45) is 4.02. The highest BCUT2D eigenvalue weighted by atomic mass is 32.2. The Morgan fingerprint density at radius 3 is 2.60 bits per heavy atom. The van der Waals surface area contributed by atoms with Gasteiger partial charge in [-0.15, -0.1) is 0 Å². The van der Waals surface area contributed by atoms with Crippen LogP contribution in [0, 0.1) is 0 Å². The third-order valence-electron chi connectivity index (χ3n) is 4.39. The molecule has 0 bridgehead atoms. The lowest BCUT2D eigenvalue weighted by molar-refractivity contribution is 0.0772. The number of benzene rings is 2. The fraction of sp³-hybridized carbons (Fsp3) is 0.200. The number of para-hydroxylation sites is 1. The molecule has 0 spiro atoms. The van der Waals surface area contributed by atoms with E-state index in [1.165, 1.54) is 0 Å². The average molecular weight is 349 g/mol.